The molecule has 2 fully saturated rings. The topological polar surface area (TPSA) is 118 Å². The van der Waals surface area contributed by atoms with Gasteiger partial charge in [0.2, 0.25) is 5.91 Å². The Labute approximate surface area is 200 Å². The van der Waals surface area contributed by atoms with E-state index in [0.29, 0.717) is 30.3 Å². The van der Waals surface area contributed by atoms with Crippen molar-refractivity contribution in [3.63, 3.8) is 0 Å². The highest BCUT2D eigenvalue weighted by molar-refractivity contribution is 5.90. The maximum Gasteiger partial charge on any atom is 0.414 e. The average molecular weight is 481 g/mol. The number of anilines is 2. The molecular weight excluding hydrogens is 455 g/mol. The minimum absolute atomic E-state index is 0.103. The highest BCUT2D eigenvalue weighted by atomic mass is 19.1. The van der Waals surface area contributed by atoms with Crippen molar-refractivity contribution < 1.29 is 18.7 Å². The normalized spacial score (nSPS) is 18.6. The predicted molar refractivity (Wildman–Crippen MR) is 124 cm³/mol. The average Bonchev–Trinajstić information content (AvgIpc) is 3.50. The summed E-state index contributed by atoms with van der Waals surface area (Å²) in [5.74, 6) is 0.0852. The summed E-state index contributed by atoms with van der Waals surface area (Å²) in [6, 6.07) is 8.60. The van der Waals surface area contributed by atoms with Gasteiger partial charge in [0.25, 0.3) is 0 Å². The van der Waals surface area contributed by atoms with E-state index in [1.807, 2.05) is 21.7 Å². The van der Waals surface area contributed by atoms with Gasteiger partial charge in [0.05, 0.1) is 30.5 Å². The Bertz CT molecular complexity index is 1210. The second-order valence-corrected chi connectivity index (χ2v) is 8.59. The summed E-state index contributed by atoms with van der Waals surface area (Å²) >= 11 is 0. The third kappa shape index (κ3) is 4.77. The SMILES string of the molecule is CC(=O)NCC1CN(c2ccc(N3CCC(n4nnnc4-c4ccncc4)CC3)c(F)c2)C(=O)O1. The van der Waals surface area contributed by atoms with Gasteiger partial charge in [0.1, 0.15) is 11.9 Å². The van der Waals surface area contributed by atoms with Crippen LogP contribution in [0.5, 0.6) is 0 Å². The number of piperidine rings is 1. The lowest BCUT2D eigenvalue weighted by Crippen LogP contribution is -2.36. The Balaban J connectivity index is 1.23. The Morgan fingerprint density at radius 2 is 1.97 bits per heavy atom. The van der Waals surface area contributed by atoms with Crippen LogP contribution >= 0.6 is 0 Å². The number of ether oxygens (including phenoxy) is 1. The molecule has 12 heteroatoms. The third-order valence-electron chi connectivity index (χ3n) is 6.28. The summed E-state index contributed by atoms with van der Waals surface area (Å²) in [4.78, 5) is 30.8. The first-order valence-electron chi connectivity index (χ1n) is 11.4. The van der Waals surface area contributed by atoms with Gasteiger partial charge in [-0.15, -0.1) is 5.10 Å². The number of hydrogen-bond acceptors (Lipinski definition) is 8. The fourth-order valence-corrected chi connectivity index (χ4v) is 4.50. The number of rotatable bonds is 6. The predicted octanol–water partition coefficient (Wildman–Crippen LogP) is 2.18. The molecule has 2 aliphatic rings. The lowest BCUT2D eigenvalue weighted by molar-refractivity contribution is -0.119. The van der Waals surface area contributed by atoms with Crippen molar-refractivity contribution in [1.29, 1.82) is 0 Å². The van der Waals surface area contributed by atoms with Gasteiger partial charge in [0.15, 0.2) is 5.82 Å². The molecule has 1 N–H and O–H groups in total. The molecular formula is C23H25FN8O3. The van der Waals surface area contributed by atoms with Crippen molar-refractivity contribution in [3.8, 4) is 11.4 Å². The van der Waals surface area contributed by atoms with E-state index in [9.17, 15) is 9.59 Å². The number of cyclic esters (lactones) is 1. The summed E-state index contributed by atoms with van der Waals surface area (Å²) in [5.41, 5.74) is 1.81. The van der Waals surface area contributed by atoms with Crippen molar-refractivity contribution in [2.75, 3.05) is 36.0 Å². The number of nitrogens with one attached hydrogen (secondary N) is 1. The Morgan fingerprint density at radius 1 is 1.20 bits per heavy atom. The Morgan fingerprint density at radius 3 is 2.69 bits per heavy atom. The summed E-state index contributed by atoms with van der Waals surface area (Å²) < 4.78 is 22.2. The van der Waals surface area contributed by atoms with Crippen molar-refractivity contribution in [3.05, 3.63) is 48.5 Å². The number of benzene rings is 1. The number of amides is 2. The third-order valence-corrected chi connectivity index (χ3v) is 6.28. The number of carbonyl (C=O) groups excluding carboxylic acids is 2. The molecule has 0 saturated carbocycles. The number of pyridine rings is 1. The Kier molecular flexibility index (Phi) is 6.25. The number of tetrazole rings is 1. The van der Waals surface area contributed by atoms with Crippen molar-refractivity contribution >= 4 is 23.4 Å². The molecule has 182 valence electrons. The highest BCUT2D eigenvalue weighted by Crippen LogP contribution is 2.32. The van der Waals surface area contributed by atoms with Gasteiger partial charge in [-0.1, -0.05) is 0 Å². The van der Waals surface area contributed by atoms with Gasteiger partial charge >= 0.3 is 6.09 Å². The van der Waals surface area contributed by atoms with Crippen LogP contribution < -0.4 is 15.1 Å². The molecule has 2 amide bonds. The van der Waals surface area contributed by atoms with E-state index in [0.717, 1.165) is 18.4 Å². The van der Waals surface area contributed by atoms with E-state index >= 15 is 4.39 Å². The van der Waals surface area contributed by atoms with Crippen LogP contribution in [0, 0.1) is 5.82 Å². The van der Waals surface area contributed by atoms with Crippen molar-refractivity contribution in [2.45, 2.75) is 31.9 Å². The molecule has 5 rings (SSSR count). The molecule has 0 spiro atoms. The minimum atomic E-state index is -0.556. The smallest absolute Gasteiger partial charge is 0.414 e. The van der Waals surface area contributed by atoms with Crippen LogP contribution in [-0.4, -0.2) is 69.5 Å². The minimum Gasteiger partial charge on any atom is -0.442 e. The van der Waals surface area contributed by atoms with E-state index < -0.39 is 18.0 Å². The van der Waals surface area contributed by atoms with Crippen LogP contribution in [0.1, 0.15) is 25.8 Å². The molecule has 0 bridgehead atoms. The van der Waals surface area contributed by atoms with Crippen LogP contribution in [0.3, 0.4) is 0 Å². The zero-order chi connectivity index (χ0) is 24.4. The van der Waals surface area contributed by atoms with E-state index in [1.54, 1.807) is 24.5 Å². The van der Waals surface area contributed by atoms with Crippen LogP contribution in [0.2, 0.25) is 0 Å². The molecule has 4 heterocycles. The maximum atomic E-state index is 15.1. The highest BCUT2D eigenvalue weighted by Gasteiger charge is 2.33. The standard InChI is InChI=1S/C23H25FN8O3/c1-15(33)26-13-19-14-31(23(34)35-19)18-2-3-21(20(24)12-18)30-10-6-17(7-11-30)32-22(27-28-29-32)16-4-8-25-9-5-16/h2-5,8-9,12,17,19H,6-7,10-11,13-14H2,1H3,(H,26,33). The van der Waals surface area contributed by atoms with Gasteiger partial charge < -0.3 is 15.0 Å². The fraction of sp³-hybridized carbons (Fsp3) is 0.391. The molecule has 0 aliphatic carbocycles. The lowest BCUT2D eigenvalue weighted by atomic mass is 10.0. The summed E-state index contributed by atoms with van der Waals surface area (Å²) in [6.07, 6.45) is 3.89. The zero-order valence-corrected chi connectivity index (χ0v) is 19.2. The molecule has 11 nitrogen and oxygen atoms in total. The van der Waals surface area contributed by atoms with E-state index in [4.69, 9.17) is 4.74 Å². The molecule has 1 atom stereocenters. The van der Waals surface area contributed by atoms with Crippen LogP contribution in [0.25, 0.3) is 11.4 Å². The molecule has 2 saturated heterocycles. The van der Waals surface area contributed by atoms with Gasteiger partial charge in [-0.3, -0.25) is 14.7 Å². The molecule has 1 unspecified atom stereocenters. The molecule has 35 heavy (non-hydrogen) atoms. The number of aromatic nitrogens is 5. The largest absolute Gasteiger partial charge is 0.442 e. The molecule has 0 radical (unpaired) electrons. The lowest BCUT2D eigenvalue weighted by Gasteiger charge is -2.34. The number of halogens is 1. The van der Waals surface area contributed by atoms with Gasteiger partial charge in [-0.25, -0.2) is 13.9 Å². The number of carbonyl (C=O) groups is 2. The number of hydrogen-bond donors (Lipinski definition) is 1. The first-order valence-corrected chi connectivity index (χ1v) is 11.4. The first kappa shape index (κ1) is 22.7. The second-order valence-electron chi connectivity index (χ2n) is 8.59. The van der Waals surface area contributed by atoms with Gasteiger partial charge in [-0.2, -0.15) is 0 Å². The molecule has 3 aromatic rings. The van der Waals surface area contributed by atoms with E-state index in [2.05, 4.69) is 25.8 Å². The van der Waals surface area contributed by atoms with E-state index in [-0.39, 0.29) is 25.0 Å². The first-order chi connectivity index (χ1) is 17.0. The summed E-state index contributed by atoms with van der Waals surface area (Å²) in [5, 5.41) is 14.8. The summed E-state index contributed by atoms with van der Waals surface area (Å²) in [7, 11) is 0. The van der Waals surface area contributed by atoms with Gasteiger partial charge in [-0.05, 0) is 53.6 Å². The fourth-order valence-electron chi connectivity index (χ4n) is 4.50. The van der Waals surface area contributed by atoms with Crippen LogP contribution in [-0.2, 0) is 9.53 Å². The van der Waals surface area contributed by atoms with Crippen LogP contribution in [0.4, 0.5) is 20.6 Å². The Hall–Kier alpha value is -4.09. The zero-order valence-electron chi connectivity index (χ0n) is 19.2. The van der Waals surface area contributed by atoms with Crippen molar-refractivity contribution in [1.82, 2.24) is 30.5 Å². The second kappa shape index (κ2) is 9.65. The molecule has 2 aliphatic heterocycles. The van der Waals surface area contributed by atoms with Gasteiger partial charge in [0, 0.05) is 38.0 Å². The quantitative estimate of drug-likeness (QED) is 0.570. The monoisotopic (exact) mass is 480 g/mol. The molecule has 2 aromatic heterocycles. The maximum absolute atomic E-state index is 15.1. The number of nitrogens with zero attached hydrogens (tertiary/aromatic N) is 7. The van der Waals surface area contributed by atoms with E-state index in [1.165, 1.54) is 17.9 Å². The summed E-state index contributed by atoms with van der Waals surface area (Å²) in [6.45, 7) is 3.14. The van der Waals surface area contributed by atoms with Crippen molar-refractivity contribution in [2.24, 2.45) is 0 Å². The van der Waals surface area contributed by atoms with Crippen LogP contribution in [0.15, 0.2) is 42.7 Å². The molecule has 1 aromatic carbocycles.